The third-order valence-electron chi connectivity index (χ3n) is 1.00. The molecule has 1 rings (SSSR count). The van der Waals surface area contributed by atoms with E-state index < -0.39 is 11.7 Å². The molecule has 0 aliphatic heterocycles. The number of methoxy groups -OCH3 is 1. The Labute approximate surface area is 56.0 Å². The van der Waals surface area contributed by atoms with Crippen molar-refractivity contribution in [3.05, 3.63) is 22.4 Å². The molecule has 1 aromatic heterocycles. The molecule has 0 aliphatic rings. The molecule has 0 atom stereocenters. The number of aromatic nitrogens is 2. The van der Waals surface area contributed by atoms with Gasteiger partial charge in [-0.1, -0.05) is 0 Å². The van der Waals surface area contributed by atoms with Crippen LogP contribution in [0.5, 0.6) is 0 Å². The molecule has 0 bridgehead atoms. The van der Waals surface area contributed by atoms with Crippen molar-refractivity contribution in [2.45, 2.75) is 0 Å². The van der Waals surface area contributed by atoms with Crippen molar-refractivity contribution in [1.82, 2.24) is 9.97 Å². The largest absolute Gasteiger partial charge is 0.464 e. The van der Waals surface area contributed by atoms with E-state index in [-0.39, 0.29) is 5.69 Å². The third-order valence-corrected chi connectivity index (χ3v) is 1.00. The number of ether oxygens (including phenoxy) is 1. The van der Waals surface area contributed by atoms with Gasteiger partial charge < -0.3 is 14.7 Å². The smallest absolute Gasteiger partial charge is 0.356 e. The molecule has 0 radical (unpaired) electrons. The zero-order valence-corrected chi connectivity index (χ0v) is 5.30. The molecule has 0 amide bonds. The molecular formula is C5H6N2O3. The van der Waals surface area contributed by atoms with Crippen LogP contribution in [-0.4, -0.2) is 23.0 Å². The van der Waals surface area contributed by atoms with E-state index in [1.165, 1.54) is 13.3 Å². The number of nitrogens with one attached hydrogen (secondary N) is 2. The van der Waals surface area contributed by atoms with E-state index in [0.717, 1.165) is 0 Å². The average molecular weight is 142 g/mol. The fourth-order valence-corrected chi connectivity index (χ4v) is 0.552. The third kappa shape index (κ3) is 1.07. The number of hydrogen-bond acceptors (Lipinski definition) is 3. The van der Waals surface area contributed by atoms with Crippen molar-refractivity contribution in [2.75, 3.05) is 7.11 Å². The Balaban J connectivity index is 2.95. The van der Waals surface area contributed by atoms with Gasteiger partial charge >= 0.3 is 11.7 Å². The number of H-pyrrole nitrogens is 2. The number of carbonyl (C=O) groups is 1. The minimum atomic E-state index is -0.557. The van der Waals surface area contributed by atoms with Gasteiger partial charge in [-0.3, -0.25) is 0 Å². The molecule has 54 valence electrons. The molecule has 5 nitrogen and oxygen atoms in total. The van der Waals surface area contributed by atoms with Crippen LogP contribution in [0.3, 0.4) is 0 Å². The van der Waals surface area contributed by atoms with Crippen molar-refractivity contribution < 1.29 is 9.53 Å². The Bertz CT molecular complexity index is 285. The Morgan fingerprint density at radius 3 is 2.80 bits per heavy atom. The summed E-state index contributed by atoms with van der Waals surface area (Å²) in [4.78, 5) is 25.5. The maximum Gasteiger partial charge on any atom is 0.356 e. The minimum absolute atomic E-state index is 0.132. The van der Waals surface area contributed by atoms with Crippen molar-refractivity contribution in [1.29, 1.82) is 0 Å². The van der Waals surface area contributed by atoms with E-state index in [1.807, 2.05) is 0 Å². The van der Waals surface area contributed by atoms with Gasteiger partial charge in [0.25, 0.3) is 0 Å². The van der Waals surface area contributed by atoms with Crippen molar-refractivity contribution in [3.8, 4) is 0 Å². The van der Waals surface area contributed by atoms with Gasteiger partial charge in [-0.25, -0.2) is 9.59 Å². The lowest BCUT2D eigenvalue weighted by molar-refractivity contribution is 0.0594. The van der Waals surface area contributed by atoms with Crippen molar-refractivity contribution >= 4 is 5.97 Å². The lowest BCUT2D eigenvalue weighted by atomic mass is 10.5. The second kappa shape index (κ2) is 2.38. The summed E-state index contributed by atoms with van der Waals surface area (Å²) in [7, 11) is 1.24. The number of esters is 1. The van der Waals surface area contributed by atoms with Gasteiger partial charge in [0, 0.05) is 6.20 Å². The average Bonchev–Trinajstić information content (AvgIpc) is 2.34. The number of rotatable bonds is 1. The van der Waals surface area contributed by atoms with Gasteiger partial charge in [-0.05, 0) is 0 Å². The summed E-state index contributed by atoms with van der Waals surface area (Å²) in [6.45, 7) is 0. The van der Waals surface area contributed by atoms with Crippen LogP contribution in [0.15, 0.2) is 11.0 Å². The quantitative estimate of drug-likeness (QED) is 0.518. The number of hydrogen-bond donors (Lipinski definition) is 2. The van der Waals surface area contributed by atoms with Gasteiger partial charge in [0.15, 0.2) is 0 Å². The van der Waals surface area contributed by atoms with Crippen LogP contribution in [0.2, 0.25) is 0 Å². The highest BCUT2D eigenvalue weighted by molar-refractivity contribution is 5.86. The first kappa shape index (κ1) is 6.60. The van der Waals surface area contributed by atoms with E-state index in [1.54, 1.807) is 0 Å². The van der Waals surface area contributed by atoms with E-state index in [9.17, 15) is 9.59 Å². The zero-order chi connectivity index (χ0) is 7.56. The maximum absolute atomic E-state index is 10.6. The Morgan fingerprint density at radius 2 is 2.40 bits per heavy atom. The van der Waals surface area contributed by atoms with Gasteiger partial charge in [0.05, 0.1) is 7.11 Å². The summed E-state index contributed by atoms with van der Waals surface area (Å²) < 4.78 is 4.32. The lowest BCUT2D eigenvalue weighted by Gasteiger charge is -1.90. The summed E-state index contributed by atoms with van der Waals surface area (Å²) in [6.07, 6.45) is 1.26. The highest BCUT2D eigenvalue weighted by atomic mass is 16.5. The molecule has 0 fully saturated rings. The molecule has 0 aliphatic carbocycles. The molecule has 5 heteroatoms. The molecule has 1 aromatic rings. The Hall–Kier alpha value is -1.52. The molecular weight excluding hydrogens is 136 g/mol. The van der Waals surface area contributed by atoms with Crippen LogP contribution in [-0.2, 0) is 4.74 Å². The normalized spacial score (nSPS) is 9.30. The SMILES string of the molecule is COC(=O)c1c[nH]c(=O)[nH]1. The summed E-state index contributed by atoms with van der Waals surface area (Å²) in [5.74, 6) is -0.557. The summed E-state index contributed by atoms with van der Waals surface area (Å²) in [5, 5.41) is 0. The van der Waals surface area contributed by atoms with E-state index in [2.05, 4.69) is 14.7 Å². The van der Waals surface area contributed by atoms with Gasteiger partial charge in [-0.15, -0.1) is 0 Å². The molecule has 0 unspecified atom stereocenters. The van der Waals surface area contributed by atoms with Gasteiger partial charge in [0.2, 0.25) is 0 Å². The van der Waals surface area contributed by atoms with E-state index in [0.29, 0.717) is 0 Å². The lowest BCUT2D eigenvalue weighted by Crippen LogP contribution is -2.06. The number of carbonyl (C=O) groups excluding carboxylic acids is 1. The molecule has 0 saturated heterocycles. The van der Waals surface area contributed by atoms with Crippen LogP contribution in [0.25, 0.3) is 0 Å². The van der Waals surface area contributed by atoms with Crippen molar-refractivity contribution in [2.24, 2.45) is 0 Å². The summed E-state index contributed by atoms with van der Waals surface area (Å²) in [6, 6.07) is 0. The number of aromatic amines is 2. The monoisotopic (exact) mass is 142 g/mol. The second-order valence-electron chi connectivity index (χ2n) is 1.65. The van der Waals surface area contributed by atoms with E-state index >= 15 is 0 Å². The van der Waals surface area contributed by atoms with Crippen molar-refractivity contribution in [3.63, 3.8) is 0 Å². The Kier molecular flexibility index (Phi) is 1.57. The predicted octanol–water partition coefficient (Wildman–Crippen LogP) is -0.510. The van der Waals surface area contributed by atoms with Crippen LogP contribution in [0.1, 0.15) is 10.5 Å². The molecule has 0 saturated carbocycles. The van der Waals surface area contributed by atoms with Crippen LogP contribution >= 0.6 is 0 Å². The Morgan fingerprint density at radius 1 is 1.70 bits per heavy atom. The molecule has 10 heavy (non-hydrogen) atoms. The highest BCUT2D eigenvalue weighted by Crippen LogP contribution is 1.88. The first-order valence-electron chi connectivity index (χ1n) is 2.60. The fourth-order valence-electron chi connectivity index (χ4n) is 0.552. The standard InChI is InChI=1S/C5H6N2O3/c1-10-4(8)3-2-6-5(9)7-3/h2H,1H3,(H2,6,7,9). The molecule has 0 aromatic carbocycles. The predicted molar refractivity (Wildman–Crippen MR) is 32.8 cm³/mol. The topological polar surface area (TPSA) is 75.0 Å². The zero-order valence-electron chi connectivity index (χ0n) is 5.30. The second-order valence-corrected chi connectivity index (χ2v) is 1.65. The summed E-state index contributed by atoms with van der Waals surface area (Å²) in [5.41, 5.74) is -0.284. The van der Waals surface area contributed by atoms with Crippen LogP contribution < -0.4 is 5.69 Å². The molecule has 0 spiro atoms. The fraction of sp³-hybridized carbons (Fsp3) is 0.200. The van der Waals surface area contributed by atoms with Gasteiger partial charge in [-0.2, -0.15) is 0 Å². The summed E-state index contributed by atoms with van der Waals surface area (Å²) >= 11 is 0. The maximum atomic E-state index is 10.6. The van der Waals surface area contributed by atoms with Crippen LogP contribution in [0, 0.1) is 0 Å². The molecule has 2 N–H and O–H groups in total. The molecule has 1 heterocycles. The van der Waals surface area contributed by atoms with E-state index in [4.69, 9.17) is 0 Å². The number of imidazole rings is 1. The first-order valence-corrected chi connectivity index (χ1v) is 2.60. The van der Waals surface area contributed by atoms with Gasteiger partial charge in [0.1, 0.15) is 5.69 Å². The first-order chi connectivity index (χ1) is 4.74. The highest BCUT2D eigenvalue weighted by Gasteiger charge is 2.05. The van der Waals surface area contributed by atoms with Crippen LogP contribution in [0.4, 0.5) is 0 Å². The minimum Gasteiger partial charge on any atom is -0.464 e.